The van der Waals surface area contributed by atoms with Gasteiger partial charge in [-0.25, -0.2) is 14.5 Å². The zero-order valence-corrected chi connectivity index (χ0v) is 18.3. The Balaban J connectivity index is 1.47. The van der Waals surface area contributed by atoms with Crippen molar-refractivity contribution < 1.29 is 4.74 Å². The molecule has 0 aliphatic rings. The summed E-state index contributed by atoms with van der Waals surface area (Å²) in [7, 11) is 0. The molecule has 154 valence electrons. The van der Waals surface area contributed by atoms with E-state index in [0.717, 1.165) is 23.5 Å². The van der Waals surface area contributed by atoms with E-state index in [2.05, 4.69) is 41.0 Å². The third kappa shape index (κ3) is 4.52. The molecule has 0 aliphatic carbocycles. The van der Waals surface area contributed by atoms with Crippen LogP contribution in [-0.4, -0.2) is 31.9 Å². The lowest BCUT2D eigenvalue weighted by Crippen LogP contribution is -2.05. The van der Waals surface area contributed by atoms with Crippen molar-refractivity contribution in [2.45, 2.75) is 25.4 Å². The second-order valence-electron chi connectivity index (χ2n) is 6.92. The summed E-state index contributed by atoms with van der Waals surface area (Å²) in [5, 5.41) is 3.97. The van der Waals surface area contributed by atoms with Gasteiger partial charge < -0.3 is 4.74 Å². The second-order valence-corrected chi connectivity index (χ2v) is 8.39. The average Bonchev–Trinajstić information content (AvgIpc) is 3.11. The van der Waals surface area contributed by atoms with Crippen LogP contribution in [0.15, 0.2) is 58.5 Å². The molecular formula is C22H21ClN4O2S. The van der Waals surface area contributed by atoms with Crippen LogP contribution in [-0.2, 0) is 0 Å². The third-order valence-electron chi connectivity index (χ3n) is 4.71. The summed E-state index contributed by atoms with van der Waals surface area (Å²) in [6.07, 6.45) is 0.829. The number of hydrogen-bond acceptors (Lipinski definition) is 5. The molecule has 0 radical (unpaired) electrons. The molecule has 0 spiro atoms. The maximum atomic E-state index is 11.8. The number of H-pyrrole nitrogens is 1. The van der Waals surface area contributed by atoms with Crippen molar-refractivity contribution in [1.82, 2.24) is 19.6 Å². The highest BCUT2D eigenvalue weighted by atomic mass is 35.5. The zero-order chi connectivity index (χ0) is 21.1. The summed E-state index contributed by atoms with van der Waals surface area (Å²) in [5.41, 5.74) is 3.49. The Hall–Kier alpha value is -2.77. The third-order valence-corrected chi connectivity index (χ3v) is 6.06. The first-order valence-electron chi connectivity index (χ1n) is 9.59. The molecular weight excluding hydrogens is 420 g/mol. The van der Waals surface area contributed by atoms with E-state index in [1.54, 1.807) is 10.6 Å². The van der Waals surface area contributed by atoms with E-state index < -0.39 is 0 Å². The smallest absolute Gasteiger partial charge is 0.266 e. The molecule has 4 rings (SSSR count). The van der Waals surface area contributed by atoms with Crippen molar-refractivity contribution in [3.63, 3.8) is 0 Å². The maximum absolute atomic E-state index is 11.8. The van der Waals surface area contributed by atoms with Gasteiger partial charge in [0.1, 0.15) is 5.75 Å². The minimum absolute atomic E-state index is 0.222. The quantitative estimate of drug-likeness (QED) is 0.326. The molecule has 0 bridgehead atoms. The molecule has 2 heterocycles. The minimum atomic E-state index is -0.222. The van der Waals surface area contributed by atoms with Gasteiger partial charge in [0.05, 0.1) is 11.6 Å². The highest BCUT2D eigenvalue weighted by Gasteiger charge is 2.13. The molecule has 0 aliphatic heterocycles. The Kier molecular flexibility index (Phi) is 6.11. The lowest BCUT2D eigenvalue weighted by molar-refractivity contribution is 0.318. The fourth-order valence-corrected chi connectivity index (χ4v) is 4.04. The number of benzene rings is 2. The molecule has 0 unspecified atom stereocenters. The number of nitrogens with one attached hydrogen (secondary N) is 1. The fourth-order valence-electron chi connectivity index (χ4n) is 2.96. The standard InChI is InChI=1S/C22H21ClN4O2S/c1-14-8-9-16(12-15(14)2)29-10-5-11-30-22-25-21(17-6-3-4-7-18(17)23)24-19-13-20(28)26-27(19)22/h3-4,6-9,12-13H,5,10-11H2,1-2H3,(H,26,28). The minimum Gasteiger partial charge on any atom is -0.494 e. The highest BCUT2D eigenvalue weighted by Crippen LogP contribution is 2.27. The van der Waals surface area contributed by atoms with Gasteiger partial charge in [0.25, 0.3) is 5.56 Å². The fraction of sp³-hybridized carbons (Fsp3) is 0.227. The summed E-state index contributed by atoms with van der Waals surface area (Å²) in [6, 6.07) is 15.0. The molecule has 2 aromatic heterocycles. The van der Waals surface area contributed by atoms with Gasteiger partial charge in [-0.1, -0.05) is 41.6 Å². The van der Waals surface area contributed by atoms with Gasteiger partial charge in [-0.2, -0.15) is 0 Å². The van der Waals surface area contributed by atoms with Crippen LogP contribution in [0.1, 0.15) is 17.5 Å². The summed E-state index contributed by atoms with van der Waals surface area (Å²) < 4.78 is 7.46. The SMILES string of the molecule is Cc1ccc(OCCCSc2nc(-c3ccccc3Cl)nc3cc(=O)[nH]n23)cc1C. The van der Waals surface area contributed by atoms with Crippen LogP contribution in [0.2, 0.25) is 5.02 Å². The Labute approximate surface area is 183 Å². The summed E-state index contributed by atoms with van der Waals surface area (Å²) >= 11 is 7.85. The number of nitrogens with zero attached hydrogens (tertiary/aromatic N) is 3. The van der Waals surface area contributed by atoms with Crippen LogP contribution >= 0.6 is 23.4 Å². The van der Waals surface area contributed by atoms with Gasteiger partial charge in [-0.15, -0.1) is 0 Å². The van der Waals surface area contributed by atoms with Crippen molar-refractivity contribution in [2.24, 2.45) is 0 Å². The van der Waals surface area contributed by atoms with E-state index in [1.807, 2.05) is 24.3 Å². The van der Waals surface area contributed by atoms with Crippen molar-refractivity contribution in [1.29, 1.82) is 0 Å². The molecule has 1 N–H and O–H groups in total. The van der Waals surface area contributed by atoms with Gasteiger partial charge in [-0.3, -0.25) is 9.89 Å². The van der Waals surface area contributed by atoms with Gasteiger partial charge >= 0.3 is 0 Å². The number of ether oxygens (including phenoxy) is 1. The Bertz CT molecular complexity index is 1250. The van der Waals surface area contributed by atoms with Crippen LogP contribution in [0.3, 0.4) is 0 Å². The first-order valence-corrected chi connectivity index (χ1v) is 11.0. The molecule has 8 heteroatoms. The highest BCUT2D eigenvalue weighted by molar-refractivity contribution is 7.99. The number of fused-ring (bicyclic) bond motifs is 1. The molecule has 0 atom stereocenters. The van der Waals surface area contributed by atoms with E-state index in [-0.39, 0.29) is 5.56 Å². The molecule has 0 saturated carbocycles. The molecule has 2 aromatic carbocycles. The monoisotopic (exact) mass is 440 g/mol. The van der Waals surface area contributed by atoms with Crippen LogP contribution in [0, 0.1) is 13.8 Å². The molecule has 4 aromatic rings. The number of thioether (sulfide) groups is 1. The van der Waals surface area contributed by atoms with E-state index in [0.29, 0.717) is 28.3 Å². The van der Waals surface area contributed by atoms with Crippen molar-refractivity contribution in [3.8, 4) is 17.1 Å². The van der Waals surface area contributed by atoms with Gasteiger partial charge in [-0.05, 0) is 55.7 Å². The Morgan fingerprint density at radius 3 is 2.73 bits per heavy atom. The topological polar surface area (TPSA) is 72.3 Å². The second kappa shape index (κ2) is 8.93. The molecule has 0 fully saturated rings. The number of hydrogen-bond donors (Lipinski definition) is 1. The number of aryl methyl sites for hydroxylation is 2. The average molecular weight is 441 g/mol. The van der Waals surface area contributed by atoms with E-state index in [4.69, 9.17) is 16.3 Å². The number of halogens is 1. The first-order chi connectivity index (χ1) is 14.5. The lowest BCUT2D eigenvalue weighted by atomic mass is 10.1. The maximum Gasteiger partial charge on any atom is 0.266 e. The lowest BCUT2D eigenvalue weighted by Gasteiger charge is -2.10. The normalized spacial score (nSPS) is 11.2. The summed E-state index contributed by atoms with van der Waals surface area (Å²) in [5.74, 6) is 2.15. The van der Waals surface area contributed by atoms with E-state index >= 15 is 0 Å². The Morgan fingerprint density at radius 2 is 1.93 bits per heavy atom. The van der Waals surface area contributed by atoms with Crippen LogP contribution in [0.5, 0.6) is 5.75 Å². The zero-order valence-electron chi connectivity index (χ0n) is 16.7. The van der Waals surface area contributed by atoms with Gasteiger partial charge in [0.15, 0.2) is 16.6 Å². The van der Waals surface area contributed by atoms with E-state index in [1.165, 1.54) is 29.0 Å². The molecule has 0 amide bonds. The van der Waals surface area contributed by atoms with Crippen molar-refractivity contribution >= 4 is 29.0 Å². The number of rotatable bonds is 7. The summed E-state index contributed by atoms with van der Waals surface area (Å²) in [4.78, 5) is 21.0. The van der Waals surface area contributed by atoms with Crippen molar-refractivity contribution in [2.75, 3.05) is 12.4 Å². The molecule has 0 saturated heterocycles. The first kappa shape index (κ1) is 20.5. The Morgan fingerprint density at radius 1 is 1.10 bits per heavy atom. The molecule has 30 heavy (non-hydrogen) atoms. The number of aromatic nitrogens is 4. The van der Waals surface area contributed by atoms with Crippen LogP contribution in [0.25, 0.3) is 17.0 Å². The largest absolute Gasteiger partial charge is 0.494 e. The van der Waals surface area contributed by atoms with Crippen LogP contribution < -0.4 is 10.3 Å². The van der Waals surface area contributed by atoms with Crippen molar-refractivity contribution in [3.05, 3.63) is 75.0 Å². The summed E-state index contributed by atoms with van der Waals surface area (Å²) in [6.45, 7) is 4.76. The predicted molar refractivity (Wildman–Crippen MR) is 121 cm³/mol. The number of aromatic amines is 1. The predicted octanol–water partition coefficient (Wildman–Crippen LogP) is 4.92. The van der Waals surface area contributed by atoms with Gasteiger partial charge in [0, 0.05) is 17.4 Å². The molecule has 6 nitrogen and oxygen atoms in total. The van der Waals surface area contributed by atoms with E-state index in [9.17, 15) is 4.79 Å². The van der Waals surface area contributed by atoms with Crippen LogP contribution in [0.4, 0.5) is 0 Å². The van der Waals surface area contributed by atoms with Gasteiger partial charge in [0.2, 0.25) is 0 Å².